The van der Waals surface area contributed by atoms with Gasteiger partial charge in [-0.15, -0.1) is 0 Å². The second-order valence-electron chi connectivity index (χ2n) is 4.58. The van der Waals surface area contributed by atoms with Gasteiger partial charge in [-0.1, -0.05) is 0 Å². The molecule has 0 amide bonds. The number of hydrogen-bond donors (Lipinski definition) is 1. The summed E-state index contributed by atoms with van der Waals surface area (Å²) in [6.45, 7) is 1.61. The largest absolute Gasteiger partial charge is 0.469 e. The molecule has 0 unspecified atom stereocenters. The molecule has 2 N–H and O–H groups in total. The van der Waals surface area contributed by atoms with Gasteiger partial charge in [-0.2, -0.15) is 4.31 Å². The van der Waals surface area contributed by atoms with Crippen LogP contribution in [0, 0.1) is 18.6 Å². The average molecular weight is 316 g/mol. The summed E-state index contributed by atoms with van der Waals surface area (Å²) in [6, 6.07) is 3.14. The Balaban J connectivity index is 2.40. The van der Waals surface area contributed by atoms with Gasteiger partial charge in [0.15, 0.2) is 4.90 Å². The molecular formula is C13H14F2N2O3S. The van der Waals surface area contributed by atoms with E-state index in [9.17, 15) is 17.2 Å². The minimum absolute atomic E-state index is 0.0616. The molecule has 114 valence electrons. The number of benzene rings is 1. The van der Waals surface area contributed by atoms with Gasteiger partial charge in [-0.05, 0) is 25.1 Å². The van der Waals surface area contributed by atoms with E-state index in [-0.39, 0.29) is 12.2 Å². The summed E-state index contributed by atoms with van der Waals surface area (Å²) < 4.78 is 58.1. The molecule has 0 aliphatic heterocycles. The summed E-state index contributed by atoms with van der Waals surface area (Å²) in [5, 5.41) is 0. The van der Waals surface area contributed by atoms with Crippen molar-refractivity contribution in [1.29, 1.82) is 0 Å². The third-order valence-corrected chi connectivity index (χ3v) is 4.90. The lowest BCUT2D eigenvalue weighted by molar-refractivity contribution is 0.443. The quantitative estimate of drug-likeness (QED) is 0.878. The normalized spacial score (nSPS) is 12.0. The molecule has 8 heteroatoms. The number of nitrogen functional groups attached to an aromatic ring is 1. The third-order valence-electron chi connectivity index (χ3n) is 3.05. The topological polar surface area (TPSA) is 76.5 Å². The Morgan fingerprint density at radius 3 is 2.33 bits per heavy atom. The van der Waals surface area contributed by atoms with Crippen molar-refractivity contribution in [3.05, 3.63) is 47.4 Å². The molecule has 2 aromatic rings. The molecule has 0 fully saturated rings. The molecule has 0 bridgehead atoms. The van der Waals surface area contributed by atoms with Crippen LogP contribution in [-0.4, -0.2) is 19.8 Å². The number of halogens is 2. The van der Waals surface area contributed by atoms with Crippen LogP contribution < -0.4 is 5.73 Å². The molecule has 21 heavy (non-hydrogen) atoms. The van der Waals surface area contributed by atoms with Gasteiger partial charge in [-0.3, -0.25) is 0 Å². The maximum Gasteiger partial charge on any atom is 0.248 e. The summed E-state index contributed by atoms with van der Waals surface area (Å²) in [5.74, 6) is -1.90. The molecule has 0 spiro atoms. The predicted molar refractivity (Wildman–Crippen MR) is 72.9 cm³/mol. The molecule has 1 aromatic carbocycles. The SMILES string of the molecule is Cc1occc1CN(C)S(=O)(=O)c1c(F)cc(N)cc1F. The second kappa shape index (κ2) is 5.45. The summed E-state index contributed by atoms with van der Waals surface area (Å²) in [6.07, 6.45) is 1.41. The van der Waals surface area contributed by atoms with Crippen molar-refractivity contribution in [3.8, 4) is 0 Å². The fourth-order valence-electron chi connectivity index (χ4n) is 1.88. The van der Waals surface area contributed by atoms with Crippen LogP contribution in [0.25, 0.3) is 0 Å². The molecular weight excluding hydrogens is 302 g/mol. The van der Waals surface area contributed by atoms with Crippen molar-refractivity contribution in [2.45, 2.75) is 18.4 Å². The molecule has 1 aromatic heterocycles. The van der Waals surface area contributed by atoms with E-state index in [1.807, 2.05) is 0 Å². The first-order valence-corrected chi connectivity index (χ1v) is 7.41. The lowest BCUT2D eigenvalue weighted by Crippen LogP contribution is -2.28. The van der Waals surface area contributed by atoms with Crippen LogP contribution in [-0.2, 0) is 16.6 Å². The monoisotopic (exact) mass is 316 g/mol. The average Bonchev–Trinajstić information content (AvgIpc) is 2.73. The molecule has 1 heterocycles. The molecule has 0 saturated heterocycles. The Morgan fingerprint density at radius 2 is 1.86 bits per heavy atom. The lowest BCUT2D eigenvalue weighted by atomic mass is 10.3. The van der Waals surface area contributed by atoms with Gasteiger partial charge < -0.3 is 10.2 Å². The zero-order valence-corrected chi connectivity index (χ0v) is 12.2. The number of furan rings is 1. The van der Waals surface area contributed by atoms with E-state index in [1.165, 1.54) is 13.3 Å². The summed E-state index contributed by atoms with van der Waals surface area (Å²) >= 11 is 0. The third kappa shape index (κ3) is 2.91. The van der Waals surface area contributed by atoms with Crippen LogP contribution in [0.1, 0.15) is 11.3 Å². The zero-order chi connectivity index (χ0) is 15.8. The maximum absolute atomic E-state index is 13.8. The standard InChI is InChI=1S/C13H14F2N2O3S/c1-8-9(3-4-20-8)7-17(2)21(18,19)13-11(14)5-10(16)6-12(13)15/h3-6H,7,16H2,1-2H3. The highest BCUT2D eigenvalue weighted by Gasteiger charge is 2.29. The minimum Gasteiger partial charge on any atom is -0.469 e. The fraction of sp³-hybridized carbons (Fsp3) is 0.231. The van der Waals surface area contributed by atoms with E-state index in [0.29, 0.717) is 11.3 Å². The highest BCUT2D eigenvalue weighted by molar-refractivity contribution is 7.89. The van der Waals surface area contributed by atoms with Crippen molar-refractivity contribution >= 4 is 15.7 Å². The Labute approximate surface area is 121 Å². The van der Waals surface area contributed by atoms with Crippen molar-refractivity contribution in [1.82, 2.24) is 4.31 Å². The predicted octanol–water partition coefficient (Wildman–Crippen LogP) is 2.27. The number of aryl methyl sites for hydroxylation is 1. The van der Waals surface area contributed by atoms with Crippen molar-refractivity contribution in [3.63, 3.8) is 0 Å². The molecule has 0 aliphatic rings. The van der Waals surface area contributed by atoms with E-state index in [4.69, 9.17) is 10.2 Å². The van der Waals surface area contributed by atoms with E-state index < -0.39 is 26.6 Å². The number of sulfonamides is 1. The van der Waals surface area contributed by atoms with Crippen LogP contribution in [0.15, 0.2) is 33.8 Å². The number of anilines is 1. The fourth-order valence-corrected chi connectivity index (χ4v) is 3.11. The Hall–Kier alpha value is -1.93. The van der Waals surface area contributed by atoms with Crippen LogP contribution in [0.2, 0.25) is 0 Å². The van der Waals surface area contributed by atoms with Crippen molar-refractivity contribution < 1.29 is 21.6 Å². The summed E-state index contributed by atoms with van der Waals surface area (Å²) in [5.41, 5.74) is 5.70. The number of nitrogens with zero attached hydrogens (tertiary/aromatic N) is 1. The number of rotatable bonds is 4. The Kier molecular flexibility index (Phi) is 4.02. The smallest absolute Gasteiger partial charge is 0.248 e. The van der Waals surface area contributed by atoms with Gasteiger partial charge in [0.2, 0.25) is 10.0 Å². The molecule has 0 atom stereocenters. The van der Waals surface area contributed by atoms with Crippen LogP contribution >= 0.6 is 0 Å². The van der Waals surface area contributed by atoms with E-state index in [1.54, 1.807) is 13.0 Å². The van der Waals surface area contributed by atoms with Gasteiger partial charge in [0.1, 0.15) is 17.4 Å². The Morgan fingerprint density at radius 1 is 1.29 bits per heavy atom. The highest BCUT2D eigenvalue weighted by atomic mass is 32.2. The molecule has 5 nitrogen and oxygen atoms in total. The van der Waals surface area contributed by atoms with Crippen LogP contribution in [0.5, 0.6) is 0 Å². The molecule has 0 radical (unpaired) electrons. The van der Waals surface area contributed by atoms with E-state index in [2.05, 4.69) is 0 Å². The summed E-state index contributed by atoms with van der Waals surface area (Å²) in [4.78, 5) is -1.01. The van der Waals surface area contributed by atoms with Gasteiger partial charge in [0, 0.05) is 24.8 Å². The van der Waals surface area contributed by atoms with Crippen molar-refractivity contribution in [2.75, 3.05) is 12.8 Å². The van der Waals surface area contributed by atoms with Gasteiger partial charge in [-0.25, -0.2) is 17.2 Å². The number of nitrogens with two attached hydrogens (primary N) is 1. The lowest BCUT2D eigenvalue weighted by Gasteiger charge is -2.18. The maximum atomic E-state index is 13.8. The first-order chi connectivity index (χ1) is 9.73. The van der Waals surface area contributed by atoms with E-state index in [0.717, 1.165) is 16.4 Å². The van der Waals surface area contributed by atoms with Gasteiger partial charge in [0.25, 0.3) is 0 Å². The number of hydrogen-bond acceptors (Lipinski definition) is 4. The second-order valence-corrected chi connectivity index (χ2v) is 6.56. The van der Waals surface area contributed by atoms with Crippen LogP contribution in [0.4, 0.5) is 14.5 Å². The molecule has 0 aliphatic carbocycles. The Bertz CT molecular complexity index is 748. The highest BCUT2D eigenvalue weighted by Crippen LogP contribution is 2.25. The molecule has 0 saturated carbocycles. The van der Waals surface area contributed by atoms with Crippen LogP contribution in [0.3, 0.4) is 0 Å². The van der Waals surface area contributed by atoms with Gasteiger partial charge in [0.05, 0.1) is 6.26 Å². The van der Waals surface area contributed by atoms with Gasteiger partial charge >= 0.3 is 0 Å². The zero-order valence-electron chi connectivity index (χ0n) is 11.4. The molecule has 2 rings (SSSR count). The van der Waals surface area contributed by atoms with E-state index >= 15 is 0 Å². The minimum atomic E-state index is -4.32. The summed E-state index contributed by atoms with van der Waals surface area (Å²) in [7, 11) is -3.09. The van der Waals surface area contributed by atoms with Crippen molar-refractivity contribution in [2.24, 2.45) is 0 Å². The first-order valence-electron chi connectivity index (χ1n) is 5.97. The first kappa shape index (κ1) is 15.5.